The van der Waals surface area contributed by atoms with Crippen LogP contribution in [0.4, 0.5) is 14.9 Å². The Hall–Kier alpha value is -2.40. The third kappa shape index (κ3) is 5.03. The number of anilines is 1. The number of carbonyl (C=O) groups excluding carboxylic acids is 1. The van der Waals surface area contributed by atoms with Crippen LogP contribution in [-0.2, 0) is 6.54 Å². The van der Waals surface area contributed by atoms with Gasteiger partial charge in [0.2, 0.25) is 0 Å². The highest BCUT2D eigenvalue weighted by Crippen LogP contribution is 2.15. The summed E-state index contributed by atoms with van der Waals surface area (Å²) < 4.78 is 13.5. The molecule has 3 rings (SSSR count). The van der Waals surface area contributed by atoms with Crippen LogP contribution >= 0.6 is 0 Å². The lowest BCUT2D eigenvalue weighted by molar-refractivity contribution is 0.190. The minimum atomic E-state index is -0.313. The Bertz CT molecular complexity index is 712. The third-order valence-corrected chi connectivity index (χ3v) is 4.60. The van der Waals surface area contributed by atoms with Crippen molar-refractivity contribution in [1.29, 1.82) is 0 Å². The number of hydrogen-bond donors (Lipinski definition) is 2. The maximum atomic E-state index is 13.5. The van der Waals surface area contributed by atoms with Crippen LogP contribution in [0, 0.1) is 12.7 Å². The normalized spacial score (nSPS) is 15.8. The summed E-state index contributed by atoms with van der Waals surface area (Å²) in [6.07, 6.45) is 1.84. The molecule has 2 N–H and O–H groups in total. The van der Waals surface area contributed by atoms with E-state index in [0.29, 0.717) is 11.3 Å². The van der Waals surface area contributed by atoms with Crippen LogP contribution in [-0.4, -0.2) is 30.1 Å². The largest absolute Gasteiger partial charge is 0.335 e. The van der Waals surface area contributed by atoms with E-state index < -0.39 is 0 Å². The van der Waals surface area contributed by atoms with Crippen LogP contribution in [0.2, 0.25) is 0 Å². The smallest absolute Gasteiger partial charge is 0.319 e. The van der Waals surface area contributed by atoms with Crippen molar-refractivity contribution < 1.29 is 9.18 Å². The summed E-state index contributed by atoms with van der Waals surface area (Å²) in [6, 6.07) is 15.0. The zero-order valence-electron chi connectivity index (χ0n) is 14.5. The molecule has 4 nitrogen and oxygen atoms in total. The molecule has 132 valence electrons. The Morgan fingerprint density at radius 2 is 1.88 bits per heavy atom. The van der Waals surface area contributed by atoms with Gasteiger partial charge in [0.05, 0.1) is 0 Å². The maximum Gasteiger partial charge on any atom is 0.319 e. The first-order valence-electron chi connectivity index (χ1n) is 8.70. The second kappa shape index (κ2) is 8.12. The minimum absolute atomic E-state index is 0.155. The van der Waals surface area contributed by atoms with Gasteiger partial charge < -0.3 is 10.6 Å². The zero-order valence-corrected chi connectivity index (χ0v) is 14.5. The van der Waals surface area contributed by atoms with Crippen molar-refractivity contribution in [2.24, 2.45) is 0 Å². The van der Waals surface area contributed by atoms with E-state index in [-0.39, 0.29) is 17.9 Å². The fourth-order valence-corrected chi connectivity index (χ4v) is 3.10. The lowest BCUT2D eigenvalue weighted by atomic mass is 10.0. The van der Waals surface area contributed by atoms with E-state index >= 15 is 0 Å². The highest BCUT2D eigenvalue weighted by Gasteiger charge is 2.20. The zero-order chi connectivity index (χ0) is 17.6. The number of nitrogens with zero attached hydrogens (tertiary/aromatic N) is 1. The van der Waals surface area contributed by atoms with E-state index in [2.05, 4.69) is 39.8 Å². The number of rotatable bonds is 4. The van der Waals surface area contributed by atoms with Crippen LogP contribution < -0.4 is 10.6 Å². The SMILES string of the molecule is Cc1ccc(NC(=O)NC2CCN(Cc3ccccc3)CC2)cc1F. The van der Waals surface area contributed by atoms with Crippen LogP contribution in [0.15, 0.2) is 48.5 Å². The minimum Gasteiger partial charge on any atom is -0.335 e. The van der Waals surface area contributed by atoms with Gasteiger partial charge in [0.1, 0.15) is 5.82 Å². The first-order chi connectivity index (χ1) is 12.1. The monoisotopic (exact) mass is 341 g/mol. The highest BCUT2D eigenvalue weighted by molar-refractivity contribution is 5.89. The number of hydrogen-bond acceptors (Lipinski definition) is 2. The van der Waals surface area contributed by atoms with Gasteiger partial charge in [-0.05, 0) is 43.0 Å². The van der Waals surface area contributed by atoms with E-state index in [4.69, 9.17) is 0 Å². The Balaban J connectivity index is 1.43. The van der Waals surface area contributed by atoms with Gasteiger partial charge >= 0.3 is 6.03 Å². The number of piperidine rings is 1. The average Bonchev–Trinajstić information content (AvgIpc) is 2.61. The van der Waals surface area contributed by atoms with Crippen molar-refractivity contribution in [3.05, 3.63) is 65.5 Å². The molecule has 2 aromatic carbocycles. The average molecular weight is 341 g/mol. The fourth-order valence-electron chi connectivity index (χ4n) is 3.10. The molecule has 1 saturated heterocycles. The number of amides is 2. The summed E-state index contributed by atoms with van der Waals surface area (Å²) in [7, 11) is 0. The molecule has 1 fully saturated rings. The summed E-state index contributed by atoms with van der Waals surface area (Å²) in [5.74, 6) is -0.313. The first kappa shape index (κ1) is 17.4. The second-order valence-electron chi connectivity index (χ2n) is 6.60. The van der Waals surface area contributed by atoms with Gasteiger partial charge in [-0.3, -0.25) is 4.90 Å². The molecule has 25 heavy (non-hydrogen) atoms. The molecule has 2 aromatic rings. The standard InChI is InChI=1S/C20H24FN3O/c1-15-7-8-18(13-19(15)21)23-20(25)22-17-9-11-24(12-10-17)14-16-5-3-2-4-6-16/h2-8,13,17H,9-12,14H2,1H3,(H2,22,23,25). The summed E-state index contributed by atoms with van der Waals surface area (Å²) >= 11 is 0. The van der Waals surface area contributed by atoms with Crippen molar-refractivity contribution in [2.45, 2.75) is 32.4 Å². The quantitative estimate of drug-likeness (QED) is 0.885. The summed E-state index contributed by atoms with van der Waals surface area (Å²) in [5, 5.41) is 5.69. The molecule has 1 heterocycles. The van der Waals surface area contributed by atoms with Crippen LogP contribution in [0.25, 0.3) is 0 Å². The molecule has 0 saturated carbocycles. The van der Waals surface area contributed by atoms with Gasteiger partial charge in [-0.25, -0.2) is 9.18 Å². The molecule has 1 aliphatic heterocycles. The predicted octanol–water partition coefficient (Wildman–Crippen LogP) is 3.92. The van der Waals surface area contributed by atoms with Gasteiger partial charge in [0.15, 0.2) is 0 Å². The van der Waals surface area contributed by atoms with Gasteiger partial charge in [0.25, 0.3) is 0 Å². The van der Waals surface area contributed by atoms with E-state index in [9.17, 15) is 9.18 Å². The molecular weight excluding hydrogens is 317 g/mol. The summed E-state index contributed by atoms with van der Waals surface area (Å²) in [5.41, 5.74) is 2.35. The fraction of sp³-hybridized carbons (Fsp3) is 0.350. The number of nitrogens with one attached hydrogen (secondary N) is 2. The molecule has 0 spiro atoms. The first-order valence-corrected chi connectivity index (χ1v) is 8.70. The topological polar surface area (TPSA) is 44.4 Å². The number of halogens is 1. The number of likely N-dealkylation sites (tertiary alicyclic amines) is 1. The van der Waals surface area contributed by atoms with Gasteiger partial charge in [-0.1, -0.05) is 36.4 Å². The number of aryl methyl sites for hydroxylation is 1. The summed E-state index contributed by atoms with van der Waals surface area (Å²) in [4.78, 5) is 14.5. The lowest BCUT2D eigenvalue weighted by Crippen LogP contribution is -2.45. The molecule has 0 aromatic heterocycles. The number of carbonyl (C=O) groups is 1. The van der Waals surface area contributed by atoms with Crippen LogP contribution in [0.3, 0.4) is 0 Å². The Labute approximate surface area is 148 Å². The Morgan fingerprint density at radius 3 is 2.56 bits per heavy atom. The predicted molar refractivity (Wildman–Crippen MR) is 98.0 cm³/mol. The lowest BCUT2D eigenvalue weighted by Gasteiger charge is -2.32. The van der Waals surface area contributed by atoms with E-state index in [1.165, 1.54) is 11.6 Å². The van der Waals surface area contributed by atoms with Crippen molar-refractivity contribution in [1.82, 2.24) is 10.2 Å². The van der Waals surface area contributed by atoms with E-state index in [1.807, 2.05) is 6.07 Å². The molecule has 1 aliphatic rings. The van der Waals surface area contributed by atoms with Gasteiger partial charge in [0, 0.05) is 31.4 Å². The van der Waals surface area contributed by atoms with Crippen LogP contribution in [0.5, 0.6) is 0 Å². The summed E-state index contributed by atoms with van der Waals surface area (Å²) in [6.45, 7) is 4.56. The number of urea groups is 1. The van der Waals surface area contributed by atoms with E-state index in [1.54, 1.807) is 19.1 Å². The maximum absolute atomic E-state index is 13.5. The third-order valence-electron chi connectivity index (χ3n) is 4.60. The molecule has 0 aliphatic carbocycles. The van der Waals surface area contributed by atoms with Crippen molar-refractivity contribution in [3.8, 4) is 0 Å². The molecule has 0 radical (unpaired) electrons. The molecule has 0 unspecified atom stereocenters. The van der Waals surface area contributed by atoms with E-state index in [0.717, 1.165) is 32.5 Å². The van der Waals surface area contributed by atoms with Gasteiger partial charge in [-0.15, -0.1) is 0 Å². The van der Waals surface area contributed by atoms with Crippen molar-refractivity contribution in [3.63, 3.8) is 0 Å². The second-order valence-corrected chi connectivity index (χ2v) is 6.60. The highest BCUT2D eigenvalue weighted by atomic mass is 19.1. The molecule has 2 amide bonds. The molecular formula is C20H24FN3O. The van der Waals surface area contributed by atoms with Crippen molar-refractivity contribution >= 4 is 11.7 Å². The Kier molecular flexibility index (Phi) is 5.66. The van der Waals surface area contributed by atoms with Crippen LogP contribution in [0.1, 0.15) is 24.0 Å². The number of benzene rings is 2. The molecule has 5 heteroatoms. The molecule has 0 atom stereocenters. The Morgan fingerprint density at radius 1 is 1.16 bits per heavy atom. The van der Waals surface area contributed by atoms with Gasteiger partial charge in [-0.2, -0.15) is 0 Å². The van der Waals surface area contributed by atoms with Crippen molar-refractivity contribution in [2.75, 3.05) is 18.4 Å². The molecule has 0 bridgehead atoms.